The fourth-order valence-corrected chi connectivity index (χ4v) is 4.04. The van der Waals surface area contributed by atoms with Gasteiger partial charge < -0.3 is 29.0 Å². The van der Waals surface area contributed by atoms with Crippen molar-refractivity contribution in [3.05, 3.63) is 0 Å². The molecule has 0 saturated carbocycles. The Morgan fingerprint density at radius 1 is 1.21 bits per heavy atom. The molecular formula is C15H22N2O6S. The number of amides is 1. The van der Waals surface area contributed by atoms with Crippen molar-refractivity contribution in [3.8, 4) is 0 Å². The lowest BCUT2D eigenvalue weighted by molar-refractivity contribution is -0.282. The average molecular weight is 358 g/mol. The highest BCUT2D eigenvalue weighted by atomic mass is 32.1. The van der Waals surface area contributed by atoms with Crippen LogP contribution in [0, 0.1) is 0 Å². The Kier molecular flexibility index (Phi) is 3.52. The predicted octanol–water partition coefficient (Wildman–Crippen LogP) is 0.101. The van der Waals surface area contributed by atoms with Gasteiger partial charge in [-0.2, -0.15) is 0 Å². The summed E-state index contributed by atoms with van der Waals surface area (Å²) in [6.07, 6.45) is -1.10. The summed E-state index contributed by atoms with van der Waals surface area (Å²) < 4.78 is 30.2. The molecule has 0 bridgehead atoms. The van der Waals surface area contributed by atoms with Gasteiger partial charge in [-0.15, -0.1) is 0 Å². The normalized spacial score (nSPS) is 42.8. The standard InChI is InChI=1S/C15H22N2O6S/c1-13(2)20-8-6-19-15(7-17-9(18)5-16-12(17)24)11(10(8)21-13)22-14(3,4)23-15/h8,10-11H,5-7H2,1-4H3,(H,16,24)/t8-,10-,11+,15+/m1/s1. The van der Waals surface area contributed by atoms with Crippen LogP contribution in [-0.2, 0) is 28.5 Å². The Morgan fingerprint density at radius 3 is 2.62 bits per heavy atom. The quantitative estimate of drug-likeness (QED) is 0.697. The third-order valence-electron chi connectivity index (χ3n) is 4.59. The van der Waals surface area contributed by atoms with Gasteiger partial charge in [0.05, 0.1) is 19.7 Å². The van der Waals surface area contributed by atoms with Gasteiger partial charge in [-0.05, 0) is 39.9 Å². The first-order valence-corrected chi connectivity index (χ1v) is 8.47. The molecule has 0 aromatic carbocycles. The molecule has 0 unspecified atom stereocenters. The largest absolute Gasteiger partial charge is 0.353 e. The summed E-state index contributed by atoms with van der Waals surface area (Å²) in [7, 11) is 0. The van der Waals surface area contributed by atoms with Crippen molar-refractivity contribution < 1.29 is 28.5 Å². The van der Waals surface area contributed by atoms with Crippen LogP contribution in [0.1, 0.15) is 27.7 Å². The molecule has 4 fully saturated rings. The fraction of sp³-hybridized carbons (Fsp3) is 0.867. The molecule has 0 aromatic rings. The van der Waals surface area contributed by atoms with E-state index in [0.29, 0.717) is 11.7 Å². The highest BCUT2D eigenvalue weighted by Gasteiger charge is 2.66. The van der Waals surface area contributed by atoms with E-state index in [4.69, 9.17) is 35.9 Å². The Hall–Kier alpha value is -0.840. The minimum Gasteiger partial charge on any atom is -0.353 e. The molecule has 4 aliphatic heterocycles. The van der Waals surface area contributed by atoms with Crippen LogP contribution in [0.5, 0.6) is 0 Å². The van der Waals surface area contributed by atoms with Gasteiger partial charge in [0.2, 0.25) is 11.7 Å². The minimum absolute atomic E-state index is 0.115. The third-order valence-corrected chi connectivity index (χ3v) is 4.95. The van der Waals surface area contributed by atoms with E-state index in [1.54, 1.807) is 0 Å². The Morgan fingerprint density at radius 2 is 1.96 bits per heavy atom. The molecule has 9 heteroatoms. The summed E-state index contributed by atoms with van der Waals surface area (Å²) in [6.45, 7) is 7.98. The van der Waals surface area contributed by atoms with Crippen LogP contribution >= 0.6 is 12.2 Å². The summed E-state index contributed by atoms with van der Waals surface area (Å²) in [4.78, 5) is 13.6. The maximum atomic E-state index is 12.1. The van der Waals surface area contributed by atoms with Crippen LogP contribution < -0.4 is 5.32 Å². The maximum Gasteiger partial charge on any atom is 0.248 e. The minimum atomic E-state index is -1.14. The average Bonchev–Trinajstić information content (AvgIpc) is 3.04. The third kappa shape index (κ3) is 2.54. The van der Waals surface area contributed by atoms with E-state index in [1.807, 2.05) is 27.7 Å². The van der Waals surface area contributed by atoms with Gasteiger partial charge in [-0.1, -0.05) is 0 Å². The van der Waals surface area contributed by atoms with Crippen molar-refractivity contribution in [2.45, 2.75) is 63.4 Å². The van der Waals surface area contributed by atoms with Gasteiger partial charge in [0.25, 0.3) is 0 Å². The van der Waals surface area contributed by atoms with Crippen LogP contribution in [0.3, 0.4) is 0 Å². The Bertz CT molecular complexity index is 581. The van der Waals surface area contributed by atoms with Gasteiger partial charge in [0, 0.05) is 0 Å². The van der Waals surface area contributed by atoms with Crippen LogP contribution in [0.25, 0.3) is 0 Å². The molecule has 0 aliphatic carbocycles. The summed E-state index contributed by atoms with van der Waals surface area (Å²) in [5.41, 5.74) is 0. The summed E-state index contributed by atoms with van der Waals surface area (Å²) in [5.74, 6) is -2.84. The molecule has 4 atom stereocenters. The van der Waals surface area contributed by atoms with E-state index in [0.717, 1.165) is 0 Å². The summed E-state index contributed by atoms with van der Waals surface area (Å²) >= 11 is 5.22. The molecular weight excluding hydrogens is 336 g/mol. The van der Waals surface area contributed by atoms with Crippen molar-refractivity contribution in [2.24, 2.45) is 0 Å². The Labute approximate surface area is 145 Å². The van der Waals surface area contributed by atoms with Crippen molar-refractivity contribution in [1.29, 1.82) is 0 Å². The molecule has 0 aromatic heterocycles. The lowest BCUT2D eigenvalue weighted by Gasteiger charge is -2.42. The highest BCUT2D eigenvalue weighted by Crippen LogP contribution is 2.47. The van der Waals surface area contributed by atoms with Gasteiger partial charge in [-0.25, -0.2) is 0 Å². The van der Waals surface area contributed by atoms with E-state index < -0.39 is 23.5 Å². The number of fused-ring (bicyclic) bond motifs is 3. The molecule has 4 saturated heterocycles. The first-order valence-electron chi connectivity index (χ1n) is 8.07. The predicted molar refractivity (Wildman–Crippen MR) is 84.9 cm³/mol. The number of hydrogen-bond acceptors (Lipinski definition) is 7. The molecule has 8 nitrogen and oxygen atoms in total. The van der Waals surface area contributed by atoms with E-state index in [-0.39, 0.29) is 31.2 Å². The molecule has 1 amide bonds. The van der Waals surface area contributed by atoms with Gasteiger partial charge in [-0.3, -0.25) is 9.69 Å². The van der Waals surface area contributed by atoms with E-state index in [1.165, 1.54) is 4.90 Å². The van der Waals surface area contributed by atoms with Crippen LogP contribution in [0.4, 0.5) is 0 Å². The second kappa shape index (κ2) is 5.09. The smallest absolute Gasteiger partial charge is 0.248 e. The van der Waals surface area contributed by atoms with E-state index in [9.17, 15) is 4.79 Å². The second-order valence-electron chi connectivity index (χ2n) is 7.44. The number of nitrogens with one attached hydrogen (secondary N) is 1. The molecule has 4 rings (SSSR count). The SMILES string of the molecule is CC1(C)O[C@@H]2[C@@H](CO[C@@]3(CN4C(=O)CNC4=S)OC(C)(C)O[C@@H]23)O1. The number of hydrogen-bond donors (Lipinski definition) is 1. The number of carbonyl (C=O) groups is 1. The molecule has 4 aliphatic rings. The maximum absolute atomic E-state index is 12.1. The van der Waals surface area contributed by atoms with Crippen LogP contribution in [0.2, 0.25) is 0 Å². The first-order chi connectivity index (χ1) is 11.1. The van der Waals surface area contributed by atoms with Gasteiger partial charge in [0.1, 0.15) is 18.3 Å². The number of thiocarbonyl (C=S) groups is 1. The summed E-state index contributed by atoms with van der Waals surface area (Å²) in [5, 5.41) is 3.24. The number of nitrogens with zero attached hydrogens (tertiary/aromatic N) is 1. The number of rotatable bonds is 2. The van der Waals surface area contributed by atoms with E-state index >= 15 is 0 Å². The summed E-state index contributed by atoms with van der Waals surface area (Å²) in [6, 6.07) is 0. The zero-order valence-electron chi connectivity index (χ0n) is 14.2. The fourth-order valence-electron chi connectivity index (χ4n) is 3.80. The molecule has 0 spiro atoms. The lowest BCUT2D eigenvalue weighted by Crippen LogP contribution is -2.63. The zero-order chi connectivity index (χ0) is 17.3. The van der Waals surface area contributed by atoms with Crippen LogP contribution in [0.15, 0.2) is 0 Å². The van der Waals surface area contributed by atoms with Crippen molar-refractivity contribution >= 4 is 23.2 Å². The highest BCUT2D eigenvalue weighted by molar-refractivity contribution is 7.80. The molecule has 24 heavy (non-hydrogen) atoms. The van der Waals surface area contributed by atoms with Gasteiger partial charge in [0.15, 0.2) is 16.7 Å². The topological polar surface area (TPSA) is 78.5 Å². The van der Waals surface area contributed by atoms with Gasteiger partial charge >= 0.3 is 0 Å². The molecule has 134 valence electrons. The molecule has 4 heterocycles. The van der Waals surface area contributed by atoms with Crippen molar-refractivity contribution in [1.82, 2.24) is 10.2 Å². The van der Waals surface area contributed by atoms with E-state index in [2.05, 4.69) is 5.32 Å². The van der Waals surface area contributed by atoms with Crippen molar-refractivity contribution in [3.63, 3.8) is 0 Å². The monoisotopic (exact) mass is 358 g/mol. The number of carbonyl (C=O) groups excluding carboxylic acids is 1. The van der Waals surface area contributed by atoms with Crippen LogP contribution in [-0.4, -0.2) is 71.3 Å². The zero-order valence-corrected chi connectivity index (χ0v) is 15.0. The molecule has 1 N–H and O–H groups in total. The second-order valence-corrected chi connectivity index (χ2v) is 7.83. The molecule has 0 radical (unpaired) electrons. The Balaban J connectivity index is 1.65. The number of ether oxygens (including phenoxy) is 5. The van der Waals surface area contributed by atoms with Crippen molar-refractivity contribution in [2.75, 3.05) is 19.7 Å². The first kappa shape index (κ1) is 16.6. The lowest BCUT2D eigenvalue weighted by atomic mass is 9.96.